The molecule has 0 radical (unpaired) electrons. The number of carbonyl (C=O) groups excluding carboxylic acids is 1. The van der Waals surface area contributed by atoms with Crippen molar-refractivity contribution in [3.8, 4) is 5.75 Å². The summed E-state index contributed by atoms with van der Waals surface area (Å²) in [7, 11) is 1.55. The summed E-state index contributed by atoms with van der Waals surface area (Å²) in [6, 6.07) is 5.31. The molecule has 2 rings (SSSR count). The summed E-state index contributed by atoms with van der Waals surface area (Å²) in [4.78, 5) is 10.9. The lowest BCUT2D eigenvalue weighted by molar-refractivity contribution is 0.141. The van der Waals surface area contributed by atoms with Crippen LogP contribution in [0.4, 0.5) is 4.79 Å². The molecule has 80 valence electrons. The Balaban J connectivity index is 2.25. The summed E-state index contributed by atoms with van der Waals surface area (Å²) < 4.78 is 10.1. The number of benzene rings is 1. The van der Waals surface area contributed by atoms with Gasteiger partial charge in [0.05, 0.1) is 18.7 Å². The molecular weight excluding hydrogens is 218 g/mol. The molecule has 1 aliphatic rings. The Labute approximate surface area is 92.1 Å². The number of amides is 1. The largest absolute Gasteiger partial charge is 0.495 e. The van der Waals surface area contributed by atoms with Gasteiger partial charge in [0.2, 0.25) is 0 Å². The van der Waals surface area contributed by atoms with Crippen LogP contribution in [0.25, 0.3) is 0 Å². The third kappa shape index (κ3) is 1.99. The van der Waals surface area contributed by atoms with Gasteiger partial charge >= 0.3 is 6.09 Å². The van der Waals surface area contributed by atoms with Crippen LogP contribution >= 0.6 is 11.6 Å². The van der Waals surface area contributed by atoms with Gasteiger partial charge in [0.15, 0.2) is 0 Å². The molecule has 1 amide bonds. The SMILES string of the molecule is COc1cc(C2CNC(=O)O2)ccc1Cl. The topological polar surface area (TPSA) is 47.6 Å². The molecule has 1 N–H and O–H groups in total. The van der Waals surface area contributed by atoms with E-state index in [-0.39, 0.29) is 6.10 Å². The van der Waals surface area contributed by atoms with Crippen LogP contribution in [0, 0.1) is 0 Å². The first kappa shape index (κ1) is 10.1. The summed E-state index contributed by atoms with van der Waals surface area (Å²) in [6.45, 7) is 0.476. The second-order valence-electron chi connectivity index (χ2n) is 3.17. The Bertz CT molecular complexity index is 394. The third-order valence-corrected chi connectivity index (χ3v) is 2.54. The molecule has 15 heavy (non-hydrogen) atoms. The Kier molecular flexibility index (Phi) is 2.68. The highest BCUT2D eigenvalue weighted by Gasteiger charge is 2.24. The fourth-order valence-electron chi connectivity index (χ4n) is 1.45. The minimum atomic E-state index is -0.395. The maximum absolute atomic E-state index is 10.9. The maximum Gasteiger partial charge on any atom is 0.407 e. The summed E-state index contributed by atoms with van der Waals surface area (Å²) in [5.41, 5.74) is 0.870. The zero-order chi connectivity index (χ0) is 10.8. The highest BCUT2D eigenvalue weighted by atomic mass is 35.5. The van der Waals surface area contributed by atoms with Crippen molar-refractivity contribution in [2.75, 3.05) is 13.7 Å². The molecule has 0 aliphatic carbocycles. The van der Waals surface area contributed by atoms with Gasteiger partial charge in [-0.25, -0.2) is 4.79 Å². The first-order valence-electron chi connectivity index (χ1n) is 4.48. The molecule has 5 heteroatoms. The summed E-state index contributed by atoms with van der Waals surface area (Å²) in [5, 5.41) is 3.13. The molecule has 1 aromatic rings. The molecule has 0 aromatic heterocycles. The number of halogens is 1. The maximum atomic E-state index is 10.9. The van der Waals surface area contributed by atoms with E-state index in [1.807, 2.05) is 6.07 Å². The number of carbonyl (C=O) groups is 1. The summed E-state index contributed by atoms with van der Waals surface area (Å²) >= 11 is 5.88. The smallest absolute Gasteiger partial charge is 0.407 e. The van der Waals surface area contributed by atoms with E-state index in [9.17, 15) is 4.79 Å². The van der Waals surface area contributed by atoms with Crippen molar-refractivity contribution >= 4 is 17.7 Å². The van der Waals surface area contributed by atoms with E-state index < -0.39 is 6.09 Å². The minimum Gasteiger partial charge on any atom is -0.495 e. The molecule has 1 aromatic carbocycles. The van der Waals surface area contributed by atoms with Crippen molar-refractivity contribution in [1.29, 1.82) is 0 Å². The number of rotatable bonds is 2. The number of methoxy groups -OCH3 is 1. The normalized spacial score (nSPS) is 19.6. The van der Waals surface area contributed by atoms with E-state index in [1.54, 1.807) is 19.2 Å². The molecule has 1 unspecified atom stereocenters. The Morgan fingerprint density at radius 2 is 2.40 bits per heavy atom. The van der Waals surface area contributed by atoms with Crippen LogP contribution in [-0.4, -0.2) is 19.7 Å². The van der Waals surface area contributed by atoms with Crippen molar-refractivity contribution in [3.05, 3.63) is 28.8 Å². The van der Waals surface area contributed by atoms with E-state index in [4.69, 9.17) is 21.1 Å². The van der Waals surface area contributed by atoms with E-state index in [1.165, 1.54) is 0 Å². The third-order valence-electron chi connectivity index (χ3n) is 2.23. The van der Waals surface area contributed by atoms with Crippen molar-refractivity contribution in [2.24, 2.45) is 0 Å². The van der Waals surface area contributed by atoms with Gasteiger partial charge in [0, 0.05) is 0 Å². The van der Waals surface area contributed by atoms with Gasteiger partial charge in [0.25, 0.3) is 0 Å². The molecule has 1 heterocycles. The van der Waals surface area contributed by atoms with Crippen LogP contribution in [0.15, 0.2) is 18.2 Å². The highest BCUT2D eigenvalue weighted by molar-refractivity contribution is 6.32. The minimum absolute atomic E-state index is 0.260. The van der Waals surface area contributed by atoms with Crippen LogP contribution in [0.3, 0.4) is 0 Å². The summed E-state index contributed by atoms with van der Waals surface area (Å²) in [5.74, 6) is 0.581. The number of cyclic esters (lactones) is 1. The predicted molar refractivity (Wildman–Crippen MR) is 55.2 cm³/mol. The van der Waals surface area contributed by atoms with Crippen LogP contribution < -0.4 is 10.1 Å². The van der Waals surface area contributed by atoms with Crippen LogP contribution in [0.1, 0.15) is 11.7 Å². The molecule has 0 saturated carbocycles. The number of hydrogen-bond donors (Lipinski definition) is 1. The molecule has 1 aliphatic heterocycles. The lowest BCUT2D eigenvalue weighted by atomic mass is 10.1. The monoisotopic (exact) mass is 227 g/mol. The fraction of sp³-hybridized carbons (Fsp3) is 0.300. The molecular formula is C10H10ClNO3. The van der Waals surface area contributed by atoms with Gasteiger partial charge in [-0.3, -0.25) is 0 Å². The number of hydrogen-bond acceptors (Lipinski definition) is 3. The highest BCUT2D eigenvalue weighted by Crippen LogP contribution is 2.30. The first-order chi connectivity index (χ1) is 7.20. The quantitative estimate of drug-likeness (QED) is 0.842. The zero-order valence-electron chi connectivity index (χ0n) is 8.12. The first-order valence-corrected chi connectivity index (χ1v) is 4.86. The van der Waals surface area contributed by atoms with Crippen LogP contribution in [0.5, 0.6) is 5.75 Å². The Morgan fingerprint density at radius 3 is 3.00 bits per heavy atom. The standard InChI is InChI=1S/C10H10ClNO3/c1-14-8-4-6(2-3-7(8)11)9-5-12-10(13)15-9/h2-4,9H,5H2,1H3,(H,12,13). The van der Waals surface area contributed by atoms with Crippen LogP contribution in [0.2, 0.25) is 5.02 Å². The molecule has 1 saturated heterocycles. The van der Waals surface area contributed by atoms with Gasteiger partial charge in [-0.15, -0.1) is 0 Å². The molecule has 1 atom stereocenters. The number of nitrogens with one attached hydrogen (secondary N) is 1. The molecule has 0 bridgehead atoms. The zero-order valence-corrected chi connectivity index (χ0v) is 8.88. The predicted octanol–water partition coefficient (Wildman–Crippen LogP) is 2.13. The van der Waals surface area contributed by atoms with Crippen molar-refractivity contribution in [3.63, 3.8) is 0 Å². The van der Waals surface area contributed by atoms with Gasteiger partial charge in [0.1, 0.15) is 11.9 Å². The second kappa shape index (κ2) is 3.98. The number of ether oxygens (including phenoxy) is 2. The summed E-state index contributed by atoms with van der Waals surface area (Å²) in [6.07, 6.45) is -0.655. The average Bonchev–Trinajstić information content (AvgIpc) is 2.66. The van der Waals surface area contributed by atoms with E-state index in [2.05, 4.69) is 5.32 Å². The van der Waals surface area contributed by atoms with E-state index in [0.29, 0.717) is 17.3 Å². The molecule has 1 fully saturated rings. The van der Waals surface area contributed by atoms with Crippen molar-refractivity contribution < 1.29 is 14.3 Å². The van der Waals surface area contributed by atoms with Crippen LogP contribution in [-0.2, 0) is 4.74 Å². The average molecular weight is 228 g/mol. The van der Waals surface area contributed by atoms with E-state index in [0.717, 1.165) is 5.56 Å². The van der Waals surface area contributed by atoms with Crippen molar-refractivity contribution in [2.45, 2.75) is 6.10 Å². The Morgan fingerprint density at radius 1 is 1.60 bits per heavy atom. The number of alkyl carbamates (subject to hydrolysis) is 1. The molecule has 0 spiro atoms. The molecule has 4 nitrogen and oxygen atoms in total. The van der Waals surface area contributed by atoms with E-state index >= 15 is 0 Å². The van der Waals surface area contributed by atoms with Gasteiger partial charge in [-0.05, 0) is 17.7 Å². The lowest BCUT2D eigenvalue weighted by Crippen LogP contribution is -2.12. The fourth-order valence-corrected chi connectivity index (χ4v) is 1.65. The second-order valence-corrected chi connectivity index (χ2v) is 3.58. The van der Waals surface area contributed by atoms with Gasteiger partial charge in [-0.2, -0.15) is 0 Å². The Hall–Kier alpha value is -1.42. The van der Waals surface area contributed by atoms with Gasteiger partial charge < -0.3 is 14.8 Å². The lowest BCUT2D eigenvalue weighted by Gasteiger charge is -2.10. The van der Waals surface area contributed by atoms with Crippen molar-refractivity contribution in [1.82, 2.24) is 5.32 Å². The van der Waals surface area contributed by atoms with Gasteiger partial charge in [-0.1, -0.05) is 17.7 Å².